The van der Waals surface area contributed by atoms with Gasteiger partial charge >= 0.3 is 0 Å². The summed E-state index contributed by atoms with van der Waals surface area (Å²) in [7, 11) is 0.673. The van der Waals surface area contributed by atoms with Gasteiger partial charge in [0.05, 0.1) is 31.9 Å². The van der Waals surface area contributed by atoms with E-state index in [0.717, 1.165) is 0 Å². The Morgan fingerprint density at radius 1 is 1.06 bits per heavy atom. The van der Waals surface area contributed by atoms with E-state index in [4.69, 9.17) is 13.9 Å². The lowest BCUT2D eigenvalue weighted by atomic mass is 10.3. The number of benzene rings is 1. The average Bonchev–Trinajstić information content (AvgIpc) is 3.32. The van der Waals surface area contributed by atoms with Crippen molar-refractivity contribution in [3.63, 3.8) is 0 Å². The second-order valence-electron chi connectivity index (χ2n) is 6.94. The number of rotatable bonds is 7. The summed E-state index contributed by atoms with van der Waals surface area (Å²) in [5.74, 6) is 0.256. The van der Waals surface area contributed by atoms with Gasteiger partial charge in [0.25, 0.3) is 5.91 Å². The van der Waals surface area contributed by atoms with Crippen molar-refractivity contribution < 1.29 is 31.9 Å². The third-order valence-corrected chi connectivity index (χ3v) is 6.93. The van der Waals surface area contributed by atoms with Crippen molar-refractivity contribution in [2.45, 2.75) is 4.90 Å². The van der Waals surface area contributed by atoms with Gasteiger partial charge in [-0.1, -0.05) is 0 Å². The fourth-order valence-corrected chi connectivity index (χ4v) is 4.71. The lowest BCUT2D eigenvalue weighted by molar-refractivity contribution is -0.132. The van der Waals surface area contributed by atoms with E-state index in [1.165, 1.54) is 61.0 Å². The number of likely N-dealkylation sites (N-methyl/N-ethyl adjacent to an activating group) is 1. The molecule has 11 heteroatoms. The Hall–Kier alpha value is -3.05. The number of furan rings is 1. The smallest absolute Gasteiger partial charge is 0.289 e. The number of amides is 2. The van der Waals surface area contributed by atoms with Crippen molar-refractivity contribution >= 4 is 21.8 Å². The first-order valence-corrected chi connectivity index (χ1v) is 11.0. The normalized spacial score (nSPS) is 14.9. The van der Waals surface area contributed by atoms with E-state index in [-0.39, 0.29) is 49.3 Å². The Balaban J connectivity index is 1.60. The van der Waals surface area contributed by atoms with Gasteiger partial charge in [0.2, 0.25) is 15.9 Å². The van der Waals surface area contributed by atoms with Gasteiger partial charge in [-0.25, -0.2) is 8.42 Å². The van der Waals surface area contributed by atoms with Crippen LogP contribution >= 0.6 is 0 Å². The summed E-state index contributed by atoms with van der Waals surface area (Å²) in [5.41, 5.74) is 0. The van der Waals surface area contributed by atoms with Crippen LogP contribution in [0.2, 0.25) is 0 Å². The van der Waals surface area contributed by atoms with E-state index < -0.39 is 15.9 Å². The number of ether oxygens (including phenoxy) is 2. The largest absolute Gasteiger partial charge is 0.493 e. The molecule has 2 amide bonds. The lowest BCUT2D eigenvalue weighted by Crippen LogP contribution is -2.52. The summed E-state index contributed by atoms with van der Waals surface area (Å²) in [5, 5.41) is 0. The molecule has 0 radical (unpaired) electrons. The predicted molar refractivity (Wildman–Crippen MR) is 111 cm³/mol. The van der Waals surface area contributed by atoms with Crippen LogP contribution in [0, 0.1) is 0 Å². The highest BCUT2D eigenvalue weighted by atomic mass is 32.2. The van der Waals surface area contributed by atoms with Crippen molar-refractivity contribution in [1.82, 2.24) is 14.1 Å². The third-order valence-electron chi connectivity index (χ3n) is 5.04. The fourth-order valence-electron chi connectivity index (χ4n) is 3.27. The second kappa shape index (κ2) is 9.40. The maximum Gasteiger partial charge on any atom is 0.289 e. The molecule has 1 aromatic heterocycles. The van der Waals surface area contributed by atoms with E-state index in [1.807, 2.05) is 0 Å². The first-order chi connectivity index (χ1) is 14.8. The topological polar surface area (TPSA) is 110 Å². The summed E-state index contributed by atoms with van der Waals surface area (Å²) in [6.45, 7) is 0.640. The van der Waals surface area contributed by atoms with E-state index in [9.17, 15) is 18.0 Å². The fraction of sp³-hybridized carbons (Fsp3) is 0.400. The predicted octanol–water partition coefficient (Wildman–Crippen LogP) is 0.902. The van der Waals surface area contributed by atoms with Crippen LogP contribution in [-0.4, -0.2) is 88.3 Å². The van der Waals surface area contributed by atoms with E-state index in [1.54, 1.807) is 11.0 Å². The minimum Gasteiger partial charge on any atom is -0.493 e. The summed E-state index contributed by atoms with van der Waals surface area (Å²) in [6, 6.07) is 7.55. The van der Waals surface area contributed by atoms with Gasteiger partial charge in [0, 0.05) is 39.3 Å². The molecule has 0 saturated carbocycles. The zero-order chi connectivity index (χ0) is 22.6. The number of carbonyl (C=O) groups is 2. The standard InChI is InChI=1S/C20H25N3O7S/c1-21(20(25)17-5-4-12-30-17)14-19(24)22-8-10-23(11-9-22)31(26,27)15-6-7-16(28-2)18(13-15)29-3/h4-7,12-13H,8-11,14H2,1-3H3. The monoisotopic (exact) mass is 451 g/mol. The Morgan fingerprint density at radius 3 is 2.32 bits per heavy atom. The minimum absolute atomic E-state index is 0.0914. The Labute approximate surface area is 181 Å². The summed E-state index contributed by atoms with van der Waals surface area (Å²) in [6.07, 6.45) is 1.39. The molecule has 10 nitrogen and oxygen atoms in total. The van der Waals surface area contributed by atoms with Crippen LogP contribution in [-0.2, 0) is 14.8 Å². The molecular formula is C20H25N3O7S. The first kappa shape index (κ1) is 22.6. The molecule has 1 fully saturated rings. The maximum atomic E-state index is 13.0. The number of piperazine rings is 1. The molecule has 2 aromatic rings. The molecule has 2 heterocycles. The van der Waals surface area contributed by atoms with Crippen LogP contribution in [0.1, 0.15) is 10.6 Å². The lowest BCUT2D eigenvalue weighted by Gasteiger charge is -2.34. The van der Waals surface area contributed by atoms with Gasteiger partial charge in [0.15, 0.2) is 17.3 Å². The van der Waals surface area contributed by atoms with Crippen molar-refractivity contribution in [2.24, 2.45) is 0 Å². The van der Waals surface area contributed by atoms with E-state index in [2.05, 4.69) is 0 Å². The van der Waals surface area contributed by atoms with Crippen LogP contribution in [0.4, 0.5) is 0 Å². The van der Waals surface area contributed by atoms with Crippen LogP contribution in [0.5, 0.6) is 11.5 Å². The molecule has 0 spiro atoms. The van der Waals surface area contributed by atoms with Gasteiger partial charge in [-0.3, -0.25) is 9.59 Å². The van der Waals surface area contributed by atoms with Gasteiger partial charge in [0.1, 0.15) is 0 Å². The van der Waals surface area contributed by atoms with Crippen molar-refractivity contribution in [2.75, 3.05) is 54.0 Å². The molecule has 0 bridgehead atoms. The third kappa shape index (κ3) is 4.83. The molecule has 1 saturated heterocycles. The highest BCUT2D eigenvalue weighted by Gasteiger charge is 2.31. The maximum absolute atomic E-state index is 13.0. The van der Waals surface area contributed by atoms with E-state index >= 15 is 0 Å². The zero-order valence-electron chi connectivity index (χ0n) is 17.6. The average molecular weight is 452 g/mol. The van der Waals surface area contributed by atoms with Gasteiger partial charge in [-0.2, -0.15) is 4.31 Å². The first-order valence-electron chi connectivity index (χ1n) is 9.57. The molecule has 1 aliphatic rings. The molecule has 1 aliphatic heterocycles. The summed E-state index contributed by atoms with van der Waals surface area (Å²) < 4.78 is 42.7. The number of carbonyl (C=O) groups excluding carboxylic acids is 2. The molecule has 0 N–H and O–H groups in total. The van der Waals surface area contributed by atoms with Crippen LogP contribution < -0.4 is 9.47 Å². The van der Waals surface area contributed by atoms with Gasteiger partial charge < -0.3 is 23.7 Å². The highest BCUT2D eigenvalue weighted by molar-refractivity contribution is 7.89. The van der Waals surface area contributed by atoms with Crippen molar-refractivity contribution in [3.8, 4) is 11.5 Å². The Morgan fingerprint density at radius 2 is 1.74 bits per heavy atom. The number of nitrogens with zero attached hydrogens (tertiary/aromatic N) is 3. The highest BCUT2D eigenvalue weighted by Crippen LogP contribution is 2.30. The van der Waals surface area contributed by atoms with Crippen molar-refractivity contribution in [3.05, 3.63) is 42.4 Å². The van der Waals surface area contributed by atoms with E-state index in [0.29, 0.717) is 11.5 Å². The molecule has 1 aromatic carbocycles. The SMILES string of the molecule is COc1ccc(S(=O)(=O)N2CCN(C(=O)CN(C)C(=O)c3ccco3)CC2)cc1OC. The van der Waals surface area contributed by atoms with Crippen LogP contribution in [0.15, 0.2) is 45.9 Å². The van der Waals surface area contributed by atoms with Crippen LogP contribution in [0.3, 0.4) is 0 Å². The molecule has 0 aliphatic carbocycles. The number of hydrogen-bond acceptors (Lipinski definition) is 7. The van der Waals surface area contributed by atoms with Gasteiger partial charge in [-0.15, -0.1) is 0 Å². The summed E-state index contributed by atoms with van der Waals surface area (Å²) >= 11 is 0. The quantitative estimate of drug-likeness (QED) is 0.615. The second-order valence-corrected chi connectivity index (χ2v) is 8.88. The molecule has 168 valence electrons. The molecule has 0 atom stereocenters. The Bertz CT molecular complexity index is 1030. The molecular weight excluding hydrogens is 426 g/mol. The molecule has 3 rings (SSSR count). The number of sulfonamides is 1. The number of methoxy groups -OCH3 is 2. The van der Waals surface area contributed by atoms with Crippen molar-refractivity contribution in [1.29, 1.82) is 0 Å². The minimum atomic E-state index is -3.75. The summed E-state index contributed by atoms with van der Waals surface area (Å²) in [4.78, 5) is 27.7. The zero-order valence-corrected chi connectivity index (χ0v) is 18.4. The number of hydrogen-bond donors (Lipinski definition) is 0. The van der Waals surface area contributed by atoms with Crippen LogP contribution in [0.25, 0.3) is 0 Å². The Kier molecular flexibility index (Phi) is 6.86. The van der Waals surface area contributed by atoms with Gasteiger partial charge in [-0.05, 0) is 24.3 Å². The molecule has 0 unspecified atom stereocenters. The molecule has 31 heavy (non-hydrogen) atoms.